The highest BCUT2D eigenvalue weighted by Crippen LogP contribution is 2.22. The zero-order valence-corrected chi connectivity index (χ0v) is 14.2. The molecule has 0 saturated carbocycles. The monoisotopic (exact) mass is 357 g/mol. The van der Waals surface area contributed by atoms with Crippen LogP contribution in [0.3, 0.4) is 0 Å². The normalized spacial score (nSPS) is 15.9. The second-order valence-corrected chi connectivity index (χ2v) is 5.98. The quantitative estimate of drug-likeness (QED) is 0.578. The fourth-order valence-corrected chi connectivity index (χ4v) is 2.89. The Labute approximate surface area is 155 Å². The smallest absolute Gasteiger partial charge is 0.323 e. The summed E-state index contributed by atoms with van der Waals surface area (Å²) < 4.78 is 1.89. The first-order valence-electron chi connectivity index (χ1n) is 8.33. The van der Waals surface area contributed by atoms with Gasteiger partial charge in [-0.05, 0) is 42.0 Å². The van der Waals surface area contributed by atoms with Crippen LogP contribution in [0, 0.1) is 0 Å². The molecular formula is C21H15N3O3. The molecule has 27 heavy (non-hydrogen) atoms. The van der Waals surface area contributed by atoms with E-state index in [-0.39, 0.29) is 5.57 Å². The van der Waals surface area contributed by atoms with Crippen molar-refractivity contribution >= 4 is 29.6 Å². The summed E-state index contributed by atoms with van der Waals surface area (Å²) in [6.45, 7) is 0. The van der Waals surface area contributed by atoms with E-state index in [2.05, 4.69) is 5.32 Å². The third-order valence-electron chi connectivity index (χ3n) is 4.20. The molecule has 1 aromatic heterocycles. The standard InChI is InChI=1S/C21H15N3O3/c25-19-18(13-15-11-12-23(14-15)16-7-3-1-4-8-16)20(26)24(21(27)22-19)17-9-5-2-6-10-17/h1-14H,(H,22,25,27)/b18-13-. The minimum absolute atomic E-state index is 0.0933. The lowest BCUT2D eigenvalue weighted by Gasteiger charge is -2.26. The minimum atomic E-state index is -0.754. The van der Waals surface area contributed by atoms with Gasteiger partial charge in [0, 0.05) is 18.1 Å². The maximum atomic E-state index is 12.8. The third kappa shape index (κ3) is 3.16. The summed E-state index contributed by atoms with van der Waals surface area (Å²) in [6.07, 6.45) is 5.14. The Bertz CT molecular complexity index is 1050. The first kappa shape index (κ1) is 16.5. The molecule has 0 unspecified atom stereocenters. The Kier molecular flexibility index (Phi) is 4.14. The maximum Gasteiger partial charge on any atom is 0.335 e. The number of anilines is 1. The van der Waals surface area contributed by atoms with E-state index in [1.807, 2.05) is 47.3 Å². The van der Waals surface area contributed by atoms with Crippen LogP contribution in [0.5, 0.6) is 0 Å². The Morgan fingerprint density at radius 1 is 0.778 bits per heavy atom. The van der Waals surface area contributed by atoms with Gasteiger partial charge in [0.1, 0.15) is 5.57 Å². The summed E-state index contributed by atoms with van der Waals surface area (Å²) in [4.78, 5) is 38.1. The predicted molar refractivity (Wildman–Crippen MR) is 101 cm³/mol. The van der Waals surface area contributed by atoms with E-state index < -0.39 is 17.8 Å². The van der Waals surface area contributed by atoms with Crippen molar-refractivity contribution in [2.24, 2.45) is 0 Å². The summed E-state index contributed by atoms with van der Waals surface area (Å²) in [7, 11) is 0. The first-order chi connectivity index (χ1) is 13.1. The van der Waals surface area contributed by atoms with Crippen molar-refractivity contribution in [3.63, 3.8) is 0 Å². The highest BCUT2D eigenvalue weighted by atomic mass is 16.2. The molecule has 0 radical (unpaired) electrons. The van der Waals surface area contributed by atoms with Crippen LogP contribution in [0.25, 0.3) is 11.8 Å². The van der Waals surface area contributed by atoms with Crippen LogP contribution in [-0.4, -0.2) is 22.4 Å². The van der Waals surface area contributed by atoms with E-state index in [0.717, 1.165) is 10.6 Å². The first-order valence-corrected chi connectivity index (χ1v) is 8.33. The van der Waals surface area contributed by atoms with Crippen molar-refractivity contribution in [2.45, 2.75) is 0 Å². The number of imide groups is 2. The van der Waals surface area contributed by atoms with Gasteiger partial charge in [-0.2, -0.15) is 0 Å². The molecule has 2 heterocycles. The van der Waals surface area contributed by atoms with Gasteiger partial charge in [-0.1, -0.05) is 36.4 Å². The fourth-order valence-electron chi connectivity index (χ4n) is 2.89. The summed E-state index contributed by atoms with van der Waals surface area (Å²) in [6, 6.07) is 19.2. The van der Waals surface area contributed by atoms with Gasteiger partial charge in [0.2, 0.25) is 0 Å². The second kappa shape index (κ2) is 6.76. The molecule has 0 spiro atoms. The Morgan fingerprint density at radius 3 is 2.07 bits per heavy atom. The summed E-state index contributed by atoms with van der Waals surface area (Å²) in [5.74, 6) is -1.35. The van der Waals surface area contributed by atoms with E-state index >= 15 is 0 Å². The van der Waals surface area contributed by atoms with Crippen LogP contribution in [-0.2, 0) is 9.59 Å². The molecule has 4 rings (SSSR count). The van der Waals surface area contributed by atoms with E-state index in [1.54, 1.807) is 36.4 Å². The fraction of sp³-hybridized carbons (Fsp3) is 0. The van der Waals surface area contributed by atoms with Crippen molar-refractivity contribution in [3.8, 4) is 5.69 Å². The van der Waals surface area contributed by atoms with E-state index in [4.69, 9.17) is 0 Å². The number of aromatic nitrogens is 1. The van der Waals surface area contributed by atoms with Crippen molar-refractivity contribution in [1.29, 1.82) is 0 Å². The molecule has 0 atom stereocenters. The minimum Gasteiger partial charge on any atom is -0.323 e. The number of nitrogens with zero attached hydrogens (tertiary/aromatic N) is 2. The third-order valence-corrected chi connectivity index (χ3v) is 4.20. The molecule has 1 N–H and O–H groups in total. The number of carbonyl (C=O) groups is 3. The van der Waals surface area contributed by atoms with Crippen LogP contribution >= 0.6 is 0 Å². The van der Waals surface area contributed by atoms with Crippen molar-refractivity contribution in [1.82, 2.24) is 9.88 Å². The average Bonchev–Trinajstić information content (AvgIpc) is 3.15. The molecule has 0 aliphatic carbocycles. The van der Waals surface area contributed by atoms with Crippen LogP contribution in [0.2, 0.25) is 0 Å². The van der Waals surface area contributed by atoms with Crippen LogP contribution in [0.1, 0.15) is 5.56 Å². The number of para-hydroxylation sites is 2. The number of amides is 4. The predicted octanol–water partition coefficient (Wildman–Crippen LogP) is 3.14. The molecule has 3 aromatic rings. The topological polar surface area (TPSA) is 71.4 Å². The highest BCUT2D eigenvalue weighted by molar-refractivity contribution is 6.39. The number of benzene rings is 2. The number of rotatable bonds is 3. The van der Waals surface area contributed by atoms with Gasteiger partial charge in [-0.25, -0.2) is 9.69 Å². The Hall–Kier alpha value is -3.93. The number of hydrogen-bond donors (Lipinski definition) is 1. The van der Waals surface area contributed by atoms with Gasteiger partial charge in [0.25, 0.3) is 11.8 Å². The number of carbonyl (C=O) groups excluding carboxylic acids is 3. The molecule has 6 heteroatoms. The van der Waals surface area contributed by atoms with Crippen molar-refractivity contribution in [3.05, 3.63) is 90.3 Å². The summed E-state index contributed by atoms with van der Waals surface area (Å²) in [5, 5.41) is 2.22. The molecular weight excluding hydrogens is 342 g/mol. The molecule has 6 nitrogen and oxygen atoms in total. The molecule has 1 aliphatic rings. The molecule has 1 saturated heterocycles. The highest BCUT2D eigenvalue weighted by Gasteiger charge is 2.36. The van der Waals surface area contributed by atoms with E-state index in [9.17, 15) is 14.4 Å². The van der Waals surface area contributed by atoms with Gasteiger partial charge < -0.3 is 4.57 Å². The van der Waals surface area contributed by atoms with Crippen LogP contribution in [0.15, 0.2) is 84.7 Å². The maximum absolute atomic E-state index is 12.8. The van der Waals surface area contributed by atoms with Gasteiger partial charge in [0.05, 0.1) is 5.69 Å². The van der Waals surface area contributed by atoms with Gasteiger partial charge in [-0.3, -0.25) is 14.9 Å². The SMILES string of the molecule is O=C1NC(=O)N(c2ccccc2)C(=O)/C1=C\c1ccn(-c2ccccc2)c1. The second-order valence-electron chi connectivity index (χ2n) is 5.98. The average molecular weight is 357 g/mol. The lowest BCUT2D eigenvalue weighted by molar-refractivity contribution is -0.122. The van der Waals surface area contributed by atoms with Crippen molar-refractivity contribution in [2.75, 3.05) is 4.90 Å². The largest absolute Gasteiger partial charge is 0.335 e. The zero-order chi connectivity index (χ0) is 18.8. The summed E-state index contributed by atoms with van der Waals surface area (Å²) >= 11 is 0. The number of urea groups is 1. The lowest BCUT2D eigenvalue weighted by Crippen LogP contribution is -2.54. The number of hydrogen-bond acceptors (Lipinski definition) is 3. The van der Waals surface area contributed by atoms with Crippen molar-refractivity contribution < 1.29 is 14.4 Å². The van der Waals surface area contributed by atoms with E-state index in [1.165, 1.54) is 6.08 Å². The number of barbiturate groups is 1. The molecule has 0 bridgehead atoms. The van der Waals surface area contributed by atoms with Gasteiger partial charge >= 0.3 is 6.03 Å². The lowest BCUT2D eigenvalue weighted by atomic mass is 10.1. The van der Waals surface area contributed by atoms with Gasteiger partial charge in [0.15, 0.2) is 0 Å². The number of nitrogens with one attached hydrogen (secondary N) is 1. The molecule has 1 aliphatic heterocycles. The van der Waals surface area contributed by atoms with E-state index in [0.29, 0.717) is 11.3 Å². The molecule has 1 fully saturated rings. The van der Waals surface area contributed by atoms with Gasteiger partial charge in [-0.15, -0.1) is 0 Å². The summed E-state index contributed by atoms with van der Waals surface area (Å²) in [5.41, 5.74) is 1.95. The van der Waals surface area contributed by atoms with Crippen LogP contribution < -0.4 is 10.2 Å². The zero-order valence-electron chi connectivity index (χ0n) is 14.2. The molecule has 2 aromatic carbocycles. The molecule has 4 amide bonds. The molecule has 132 valence electrons. The Balaban J connectivity index is 1.68. The Morgan fingerprint density at radius 2 is 1.41 bits per heavy atom. The van der Waals surface area contributed by atoms with Crippen LogP contribution in [0.4, 0.5) is 10.5 Å².